The Morgan fingerprint density at radius 2 is 1.62 bits per heavy atom. The number of hydrogen-bond donors (Lipinski definition) is 3. The van der Waals surface area contributed by atoms with E-state index in [1.54, 1.807) is 24.3 Å². The highest BCUT2D eigenvalue weighted by Crippen LogP contribution is 2.15. The third-order valence-corrected chi connectivity index (χ3v) is 6.40. The summed E-state index contributed by atoms with van der Waals surface area (Å²) < 4.78 is 39.0. The van der Waals surface area contributed by atoms with E-state index in [0.29, 0.717) is 12.0 Å². The number of amides is 3. The first kappa shape index (κ1) is 25.0. The number of nitrogens with one attached hydrogen (secondary N) is 2. The molecular formula is C21H25FN4O5S. The number of nitrogens with two attached hydrogens (primary N) is 1. The summed E-state index contributed by atoms with van der Waals surface area (Å²) in [6.45, 7) is 0.116. The zero-order valence-corrected chi connectivity index (χ0v) is 18.3. The first-order valence-electron chi connectivity index (χ1n) is 9.73. The van der Waals surface area contributed by atoms with Crippen molar-refractivity contribution < 1.29 is 27.2 Å². The van der Waals surface area contributed by atoms with Crippen molar-refractivity contribution in [2.45, 2.75) is 24.3 Å². The van der Waals surface area contributed by atoms with Gasteiger partial charge in [0.15, 0.2) is 0 Å². The number of rotatable bonds is 11. The molecule has 3 amide bonds. The van der Waals surface area contributed by atoms with Crippen molar-refractivity contribution in [1.82, 2.24) is 14.9 Å². The van der Waals surface area contributed by atoms with E-state index in [9.17, 15) is 27.2 Å². The normalized spacial score (nSPS) is 11.2. The van der Waals surface area contributed by atoms with Gasteiger partial charge in [0.25, 0.3) is 5.91 Å². The van der Waals surface area contributed by atoms with E-state index < -0.39 is 27.7 Å². The van der Waals surface area contributed by atoms with Crippen LogP contribution in [0.25, 0.3) is 0 Å². The van der Waals surface area contributed by atoms with Crippen molar-refractivity contribution in [1.29, 1.82) is 0 Å². The molecule has 0 spiro atoms. The van der Waals surface area contributed by atoms with E-state index in [0.717, 1.165) is 22.0 Å². The molecule has 9 nitrogen and oxygen atoms in total. The van der Waals surface area contributed by atoms with Crippen LogP contribution in [0.1, 0.15) is 28.8 Å². The van der Waals surface area contributed by atoms with Crippen LogP contribution in [-0.4, -0.2) is 50.6 Å². The number of hydrogen-bond acceptors (Lipinski definition) is 5. The van der Waals surface area contributed by atoms with Gasteiger partial charge >= 0.3 is 0 Å². The van der Waals surface area contributed by atoms with Gasteiger partial charge in [-0.25, -0.2) is 17.1 Å². The summed E-state index contributed by atoms with van der Waals surface area (Å²) in [5.41, 5.74) is 6.09. The quantitative estimate of drug-likeness (QED) is 0.451. The molecule has 0 aromatic heterocycles. The molecule has 0 radical (unpaired) electrons. The Hall–Kier alpha value is -3.31. The first-order valence-corrected chi connectivity index (χ1v) is 11.2. The van der Waals surface area contributed by atoms with E-state index in [-0.39, 0.29) is 36.9 Å². The highest BCUT2D eigenvalue weighted by Gasteiger charge is 2.20. The Kier molecular flexibility index (Phi) is 8.85. The average molecular weight is 465 g/mol. The molecule has 2 rings (SSSR count). The molecule has 0 aliphatic heterocycles. The molecule has 32 heavy (non-hydrogen) atoms. The van der Waals surface area contributed by atoms with Crippen molar-refractivity contribution in [2.75, 3.05) is 20.1 Å². The molecule has 2 aromatic carbocycles. The lowest BCUT2D eigenvalue weighted by molar-refractivity contribution is -0.121. The molecule has 0 heterocycles. The zero-order valence-electron chi connectivity index (χ0n) is 17.5. The molecule has 0 atom stereocenters. The van der Waals surface area contributed by atoms with E-state index in [1.165, 1.54) is 19.2 Å². The zero-order chi connectivity index (χ0) is 23.7. The van der Waals surface area contributed by atoms with Gasteiger partial charge in [0.1, 0.15) is 5.82 Å². The van der Waals surface area contributed by atoms with Crippen LogP contribution in [0.5, 0.6) is 0 Å². The van der Waals surface area contributed by atoms with Gasteiger partial charge < -0.3 is 16.4 Å². The minimum absolute atomic E-state index is 0.0161. The summed E-state index contributed by atoms with van der Waals surface area (Å²) in [6.07, 6.45) is 0.429. The highest BCUT2D eigenvalue weighted by molar-refractivity contribution is 7.89. The topological polar surface area (TPSA) is 139 Å². The van der Waals surface area contributed by atoms with Crippen LogP contribution in [0.15, 0.2) is 53.4 Å². The largest absolute Gasteiger partial charge is 0.368 e. The molecule has 0 fully saturated rings. The molecule has 172 valence electrons. The van der Waals surface area contributed by atoms with Crippen LogP contribution in [0.2, 0.25) is 0 Å². The number of sulfonamides is 1. The standard InChI is InChI=1S/C21H25FN4O5S/c1-26(32(30,31)18-10-8-17(22)9-11-18)12-2-3-20(28)24-13-15-4-6-16(7-5-15)21(29)25-14-19(23)27/h4-11H,2-3,12-14H2,1H3,(H2,23,27)(H,24,28)(H,25,29). The van der Waals surface area contributed by atoms with Gasteiger partial charge in [-0.05, 0) is 48.4 Å². The lowest BCUT2D eigenvalue weighted by Crippen LogP contribution is -2.33. The Bertz CT molecular complexity index is 1060. The van der Waals surface area contributed by atoms with E-state index in [2.05, 4.69) is 10.6 Å². The van der Waals surface area contributed by atoms with Gasteiger partial charge in [-0.2, -0.15) is 0 Å². The fourth-order valence-electron chi connectivity index (χ4n) is 2.70. The van der Waals surface area contributed by atoms with E-state index in [4.69, 9.17) is 5.73 Å². The highest BCUT2D eigenvalue weighted by atomic mass is 32.2. The summed E-state index contributed by atoms with van der Waals surface area (Å²) in [5.74, 6) is -1.85. The second-order valence-corrected chi connectivity index (χ2v) is 9.05. The number of halogens is 1. The maximum absolute atomic E-state index is 13.0. The number of benzene rings is 2. The van der Waals surface area contributed by atoms with E-state index in [1.807, 2.05) is 0 Å². The molecule has 0 bridgehead atoms. The van der Waals surface area contributed by atoms with Gasteiger partial charge in [0.05, 0.1) is 11.4 Å². The molecule has 0 unspecified atom stereocenters. The van der Waals surface area contributed by atoms with Gasteiger partial charge in [-0.3, -0.25) is 14.4 Å². The van der Waals surface area contributed by atoms with Crippen LogP contribution < -0.4 is 16.4 Å². The summed E-state index contributed by atoms with van der Waals surface area (Å²) in [6, 6.07) is 11.0. The summed E-state index contributed by atoms with van der Waals surface area (Å²) in [4.78, 5) is 34.6. The molecule has 0 saturated carbocycles. The van der Waals surface area contributed by atoms with E-state index >= 15 is 0 Å². The number of carbonyl (C=O) groups excluding carboxylic acids is 3. The van der Waals surface area contributed by atoms with Gasteiger partial charge in [-0.1, -0.05) is 12.1 Å². The predicted octanol–water partition coefficient (Wildman–Crippen LogP) is 0.758. The van der Waals surface area contributed by atoms with Gasteiger partial charge in [0, 0.05) is 32.1 Å². The Morgan fingerprint density at radius 3 is 2.22 bits per heavy atom. The van der Waals surface area contributed by atoms with Gasteiger partial charge in [0.2, 0.25) is 21.8 Å². The lowest BCUT2D eigenvalue weighted by Gasteiger charge is -2.17. The minimum atomic E-state index is -3.75. The van der Waals surface area contributed by atoms with Crippen LogP contribution in [-0.2, 0) is 26.2 Å². The number of carbonyl (C=O) groups is 3. The third kappa shape index (κ3) is 7.43. The van der Waals surface area contributed by atoms with Crippen LogP contribution in [0.3, 0.4) is 0 Å². The molecule has 4 N–H and O–H groups in total. The van der Waals surface area contributed by atoms with Crippen molar-refractivity contribution in [3.05, 3.63) is 65.5 Å². The number of nitrogens with zero attached hydrogens (tertiary/aromatic N) is 1. The molecule has 0 saturated heterocycles. The maximum atomic E-state index is 13.0. The van der Waals surface area contributed by atoms with Crippen LogP contribution in [0, 0.1) is 5.82 Å². The molecule has 0 aliphatic rings. The fraction of sp³-hybridized carbons (Fsp3) is 0.286. The fourth-order valence-corrected chi connectivity index (χ4v) is 3.91. The Balaban J connectivity index is 1.75. The second-order valence-electron chi connectivity index (χ2n) is 7.01. The second kappa shape index (κ2) is 11.3. The molecular weight excluding hydrogens is 439 g/mol. The summed E-state index contributed by atoms with van der Waals surface area (Å²) in [5, 5.41) is 5.10. The summed E-state index contributed by atoms with van der Waals surface area (Å²) in [7, 11) is -2.35. The van der Waals surface area contributed by atoms with Crippen LogP contribution >= 0.6 is 0 Å². The SMILES string of the molecule is CN(CCCC(=O)NCc1ccc(C(=O)NCC(N)=O)cc1)S(=O)(=O)c1ccc(F)cc1. The third-order valence-electron chi connectivity index (χ3n) is 4.53. The van der Waals surface area contributed by atoms with Crippen molar-refractivity contribution in [2.24, 2.45) is 5.73 Å². The van der Waals surface area contributed by atoms with Crippen LogP contribution in [0.4, 0.5) is 4.39 Å². The summed E-state index contributed by atoms with van der Waals surface area (Å²) >= 11 is 0. The van der Waals surface area contributed by atoms with Crippen molar-refractivity contribution in [3.63, 3.8) is 0 Å². The maximum Gasteiger partial charge on any atom is 0.251 e. The minimum Gasteiger partial charge on any atom is -0.368 e. The number of primary amides is 1. The Labute approximate surface area is 185 Å². The van der Waals surface area contributed by atoms with Crippen molar-refractivity contribution in [3.8, 4) is 0 Å². The Morgan fingerprint density at radius 1 is 1.00 bits per heavy atom. The molecule has 11 heteroatoms. The lowest BCUT2D eigenvalue weighted by atomic mass is 10.1. The monoisotopic (exact) mass is 464 g/mol. The van der Waals surface area contributed by atoms with Crippen molar-refractivity contribution >= 4 is 27.7 Å². The predicted molar refractivity (Wildman–Crippen MR) is 115 cm³/mol. The first-order chi connectivity index (χ1) is 15.1. The molecule has 0 aliphatic carbocycles. The smallest absolute Gasteiger partial charge is 0.251 e. The average Bonchev–Trinajstić information content (AvgIpc) is 2.76. The molecule has 2 aromatic rings. The van der Waals surface area contributed by atoms with Gasteiger partial charge in [-0.15, -0.1) is 0 Å².